The third-order valence-corrected chi connectivity index (χ3v) is 3.42. The summed E-state index contributed by atoms with van der Waals surface area (Å²) in [6, 6.07) is 6.92. The maximum atomic E-state index is 11.9. The molecule has 0 aliphatic carbocycles. The summed E-state index contributed by atoms with van der Waals surface area (Å²) in [5.41, 5.74) is 0.469. The van der Waals surface area contributed by atoms with Crippen molar-refractivity contribution in [2.45, 2.75) is 6.42 Å². The van der Waals surface area contributed by atoms with Gasteiger partial charge in [-0.2, -0.15) is 0 Å². The normalized spacial score (nSPS) is 19.1. The van der Waals surface area contributed by atoms with Crippen molar-refractivity contribution in [1.82, 2.24) is 10.2 Å². The number of carbonyl (C=O) groups is 2. The molecule has 1 fully saturated rings. The zero-order valence-corrected chi connectivity index (χ0v) is 10.9. The molecular formula is C13H15ClN2O2. The van der Waals surface area contributed by atoms with E-state index in [-0.39, 0.29) is 17.7 Å². The van der Waals surface area contributed by atoms with Gasteiger partial charge in [-0.1, -0.05) is 23.7 Å². The molecule has 1 saturated heterocycles. The van der Waals surface area contributed by atoms with Gasteiger partial charge in [0.15, 0.2) is 0 Å². The van der Waals surface area contributed by atoms with Crippen LogP contribution in [0.15, 0.2) is 24.3 Å². The van der Waals surface area contributed by atoms with Crippen LogP contribution in [0.1, 0.15) is 16.8 Å². The fraction of sp³-hybridized carbons (Fsp3) is 0.385. The second-order valence-electron chi connectivity index (χ2n) is 4.53. The van der Waals surface area contributed by atoms with Crippen molar-refractivity contribution in [3.05, 3.63) is 34.9 Å². The van der Waals surface area contributed by atoms with Crippen LogP contribution in [0, 0.1) is 5.92 Å². The number of amides is 2. The maximum Gasteiger partial charge on any atom is 0.252 e. The lowest BCUT2D eigenvalue weighted by Gasteiger charge is -2.11. The summed E-state index contributed by atoms with van der Waals surface area (Å²) in [6.07, 6.45) is 0.499. The molecule has 2 rings (SSSR count). The van der Waals surface area contributed by atoms with Crippen molar-refractivity contribution < 1.29 is 9.59 Å². The topological polar surface area (TPSA) is 49.4 Å². The van der Waals surface area contributed by atoms with Crippen LogP contribution in [0.4, 0.5) is 0 Å². The number of likely N-dealkylation sites (tertiary alicyclic amines) is 1. The lowest BCUT2D eigenvalue weighted by atomic mass is 10.1. The quantitative estimate of drug-likeness (QED) is 0.902. The lowest BCUT2D eigenvalue weighted by Crippen LogP contribution is -2.30. The van der Waals surface area contributed by atoms with Crippen LogP contribution in [0.2, 0.25) is 5.02 Å². The first-order valence-electron chi connectivity index (χ1n) is 5.84. The van der Waals surface area contributed by atoms with E-state index in [0.717, 1.165) is 0 Å². The molecule has 18 heavy (non-hydrogen) atoms. The van der Waals surface area contributed by atoms with Crippen molar-refractivity contribution in [2.75, 3.05) is 20.1 Å². The predicted octanol–water partition coefficient (Wildman–Crippen LogP) is 1.55. The highest BCUT2D eigenvalue weighted by atomic mass is 35.5. The molecule has 1 atom stereocenters. The van der Waals surface area contributed by atoms with E-state index < -0.39 is 0 Å². The summed E-state index contributed by atoms with van der Waals surface area (Å²) < 4.78 is 0. The molecule has 1 unspecified atom stereocenters. The zero-order valence-electron chi connectivity index (χ0n) is 10.1. The van der Waals surface area contributed by atoms with Gasteiger partial charge in [-0.15, -0.1) is 0 Å². The second kappa shape index (κ2) is 5.40. The first-order valence-corrected chi connectivity index (χ1v) is 6.22. The van der Waals surface area contributed by atoms with Crippen LogP contribution in [-0.4, -0.2) is 36.9 Å². The van der Waals surface area contributed by atoms with E-state index in [2.05, 4.69) is 5.32 Å². The predicted molar refractivity (Wildman–Crippen MR) is 69.5 cm³/mol. The molecule has 1 aliphatic rings. The average Bonchev–Trinajstić information content (AvgIpc) is 2.66. The number of nitrogens with one attached hydrogen (secondary N) is 1. The van der Waals surface area contributed by atoms with E-state index in [0.29, 0.717) is 30.1 Å². The Morgan fingerprint density at radius 2 is 2.22 bits per heavy atom. The number of carbonyl (C=O) groups excluding carboxylic acids is 2. The summed E-state index contributed by atoms with van der Waals surface area (Å²) >= 11 is 5.94. The molecule has 1 N–H and O–H groups in total. The Morgan fingerprint density at radius 3 is 2.83 bits per heavy atom. The average molecular weight is 267 g/mol. The summed E-state index contributed by atoms with van der Waals surface area (Å²) in [5, 5.41) is 3.26. The second-order valence-corrected chi connectivity index (χ2v) is 4.94. The molecule has 1 aromatic rings. The van der Waals surface area contributed by atoms with Crippen LogP contribution < -0.4 is 5.32 Å². The van der Waals surface area contributed by atoms with Gasteiger partial charge in [-0.25, -0.2) is 0 Å². The van der Waals surface area contributed by atoms with Gasteiger partial charge in [-0.3, -0.25) is 9.59 Å². The van der Waals surface area contributed by atoms with Crippen molar-refractivity contribution in [2.24, 2.45) is 5.92 Å². The molecule has 4 nitrogen and oxygen atoms in total. The Labute approximate surface area is 111 Å². The van der Waals surface area contributed by atoms with Gasteiger partial charge in [0, 0.05) is 32.5 Å². The third kappa shape index (κ3) is 2.82. The molecule has 0 bridgehead atoms. The van der Waals surface area contributed by atoms with Gasteiger partial charge < -0.3 is 10.2 Å². The van der Waals surface area contributed by atoms with Crippen LogP contribution in [0.5, 0.6) is 0 Å². The highest BCUT2D eigenvalue weighted by Crippen LogP contribution is 2.17. The molecule has 2 amide bonds. The molecule has 1 aromatic carbocycles. The third-order valence-electron chi connectivity index (χ3n) is 3.09. The van der Waals surface area contributed by atoms with Crippen LogP contribution in [-0.2, 0) is 4.79 Å². The van der Waals surface area contributed by atoms with Gasteiger partial charge in [0.25, 0.3) is 5.91 Å². The maximum absolute atomic E-state index is 11.9. The Bertz CT molecular complexity index is 476. The molecule has 96 valence electrons. The Hall–Kier alpha value is -1.55. The minimum atomic E-state index is -0.192. The van der Waals surface area contributed by atoms with Crippen molar-refractivity contribution >= 4 is 23.4 Å². The SMILES string of the molecule is CN1CC(CNC(=O)c2ccccc2Cl)CC1=O. The first kappa shape index (κ1) is 12.9. The monoisotopic (exact) mass is 266 g/mol. The summed E-state index contributed by atoms with van der Waals surface area (Å²) in [4.78, 5) is 24.9. The summed E-state index contributed by atoms with van der Waals surface area (Å²) in [6.45, 7) is 1.20. The molecule has 0 radical (unpaired) electrons. The highest BCUT2D eigenvalue weighted by Gasteiger charge is 2.26. The Balaban J connectivity index is 1.90. The zero-order chi connectivity index (χ0) is 13.1. The van der Waals surface area contributed by atoms with Crippen molar-refractivity contribution in [3.8, 4) is 0 Å². The molecule has 0 aromatic heterocycles. The van der Waals surface area contributed by atoms with Crippen molar-refractivity contribution in [3.63, 3.8) is 0 Å². The van der Waals surface area contributed by atoms with Crippen molar-refractivity contribution in [1.29, 1.82) is 0 Å². The van der Waals surface area contributed by atoms with Gasteiger partial charge in [-0.05, 0) is 12.1 Å². The number of rotatable bonds is 3. The molecule has 1 heterocycles. The molecule has 0 saturated carbocycles. The van der Waals surface area contributed by atoms with Gasteiger partial charge >= 0.3 is 0 Å². The molecule has 0 spiro atoms. The van der Waals surface area contributed by atoms with E-state index in [4.69, 9.17) is 11.6 Å². The summed E-state index contributed by atoms with van der Waals surface area (Å²) in [5.74, 6) is 0.128. The van der Waals surface area contributed by atoms with E-state index in [1.807, 2.05) is 0 Å². The van der Waals surface area contributed by atoms with Gasteiger partial charge in [0.2, 0.25) is 5.91 Å². The largest absolute Gasteiger partial charge is 0.352 e. The number of halogens is 1. The summed E-state index contributed by atoms with van der Waals surface area (Å²) in [7, 11) is 1.78. The minimum Gasteiger partial charge on any atom is -0.352 e. The standard InChI is InChI=1S/C13H15ClN2O2/c1-16-8-9(6-12(16)17)7-15-13(18)10-4-2-3-5-11(10)14/h2-5,9H,6-8H2,1H3,(H,15,18). The van der Waals surface area contributed by atoms with Gasteiger partial charge in [0.05, 0.1) is 10.6 Å². The molecule has 5 heteroatoms. The van der Waals surface area contributed by atoms with Crippen LogP contribution in [0.3, 0.4) is 0 Å². The number of hydrogen-bond acceptors (Lipinski definition) is 2. The first-order chi connectivity index (χ1) is 8.58. The number of benzene rings is 1. The van der Waals surface area contributed by atoms with E-state index >= 15 is 0 Å². The number of hydrogen-bond donors (Lipinski definition) is 1. The van der Waals surface area contributed by atoms with E-state index in [9.17, 15) is 9.59 Å². The fourth-order valence-electron chi connectivity index (χ4n) is 2.07. The Kier molecular flexibility index (Phi) is 3.87. The molecule has 1 aliphatic heterocycles. The van der Waals surface area contributed by atoms with E-state index in [1.54, 1.807) is 36.2 Å². The number of nitrogens with zero attached hydrogens (tertiary/aromatic N) is 1. The molecular weight excluding hydrogens is 252 g/mol. The fourth-order valence-corrected chi connectivity index (χ4v) is 2.29. The smallest absolute Gasteiger partial charge is 0.252 e. The highest BCUT2D eigenvalue weighted by molar-refractivity contribution is 6.33. The lowest BCUT2D eigenvalue weighted by molar-refractivity contribution is -0.126. The van der Waals surface area contributed by atoms with Crippen LogP contribution in [0.25, 0.3) is 0 Å². The van der Waals surface area contributed by atoms with Crippen LogP contribution >= 0.6 is 11.6 Å². The van der Waals surface area contributed by atoms with Gasteiger partial charge in [0.1, 0.15) is 0 Å². The minimum absolute atomic E-state index is 0.131. The van der Waals surface area contributed by atoms with E-state index in [1.165, 1.54) is 0 Å². The Morgan fingerprint density at radius 1 is 1.50 bits per heavy atom.